The van der Waals surface area contributed by atoms with E-state index < -0.39 is 12.5 Å². The molecule has 3 aliphatic rings. The molecule has 30 heavy (non-hydrogen) atoms. The smallest absolute Gasteiger partial charge is 0.379 e. The van der Waals surface area contributed by atoms with Crippen LogP contribution in [0.3, 0.4) is 0 Å². The average Bonchev–Trinajstić information content (AvgIpc) is 3.09. The van der Waals surface area contributed by atoms with Gasteiger partial charge in [0.05, 0.1) is 35.8 Å². The summed E-state index contributed by atoms with van der Waals surface area (Å²) < 4.78 is 49.7. The summed E-state index contributed by atoms with van der Waals surface area (Å²) in [5.41, 5.74) is 1.20. The highest BCUT2D eigenvalue weighted by molar-refractivity contribution is 6.30. The molecule has 2 bridgehead atoms. The Balaban J connectivity index is 0.000000589. The zero-order chi connectivity index (χ0) is 21.9. The minimum Gasteiger partial charge on any atom is -0.394 e. The van der Waals surface area contributed by atoms with Gasteiger partial charge in [-0.2, -0.15) is 13.2 Å². The molecule has 0 saturated heterocycles. The molecule has 164 valence electrons. The summed E-state index contributed by atoms with van der Waals surface area (Å²) in [4.78, 5) is 16.2. The highest BCUT2D eigenvalue weighted by atomic mass is 35.5. The third kappa shape index (κ3) is 4.76. The Morgan fingerprint density at radius 3 is 2.60 bits per heavy atom. The van der Waals surface area contributed by atoms with Crippen molar-refractivity contribution in [2.75, 3.05) is 19.8 Å². The Kier molecular flexibility index (Phi) is 6.68. The van der Waals surface area contributed by atoms with Gasteiger partial charge in [0, 0.05) is 17.3 Å². The number of nitrogens with one attached hydrogen (secondary N) is 1. The van der Waals surface area contributed by atoms with E-state index in [1.165, 1.54) is 12.1 Å². The third-order valence-electron chi connectivity index (χ3n) is 5.22. The molecule has 1 heterocycles. The van der Waals surface area contributed by atoms with Crippen LogP contribution < -0.4 is 5.32 Å². The number of benzene rings is 1. The summed E-state index contributed by atoms with van der Waals surface area (Å²) in [5, 5.41) is 11.8. The Morgan fingerprint density at radius 1 is 1.33 bits per heavy atom. The number of carbonyl (C=O) groups excluding carboxylic acids is 1. The molecule has 3 fully saturated rings. The molecular weight excluding hydrogens is 430 g/mol. The van der Waals surface area contributed by atoms with E-state index in [9.17, 15) is 22.4 Å². The van der Waals surface area contributed by atoms with Gasteiger partial charge >= 0.3 is 6.68 Å². The van der Waals surface area contributed by atoms with E-state index in [4.69, 9.17) is 21.4 Å². The van der Waals surface area contributed by atoms with Crippen LogP contribution in [-0.4, -0.2) is 52.6 Å². The van der Waals surface area contributed by atoms with Crippen LogP contribution in [0, 0.1) is 5.82 Å². The van der Waals surface area contributed by atoms with Crippen molar-refractivity contribution < 1.29 is 32.2 Å². The van der Waals surface area contributed by atoms with E-state index in [1.54, 1.807) is 12.4 Å². The van der Waals surface area contributed by atoms with Crippen LogP contribution in [0.5, 0.6) is 0 Å². The van der Waals surface area contributed by atoms with Crippen molar-refractivity contribution in [3.05, 3.63) is 41.6 Å². The van der Waals surface area contributed by atoms with Crippen LogP contribution in [0.2, 0.25) is 5.02 Å². The van der Waals surface area contributed by atoms with Crippen molar-refractivity contribution in [3.63, 3.8) is 0 Å². The maximum atomic E-state index is 13.6. The topological polar surface area (TPSA) is 76.4 Å². The molecule has 3 aliphatic carbocycles. The van der Waals surface area contributed by atoms with Gasteiger partial charge < -0.3 is 19.7 Å². The normalized spacial score (nSPS) is 23.8. The molecule has 0 unspecified atom stereocenters. The Labute approximate surface area is 174 Å². The van der Waals surface area contributed by atoms with Gasteiger partial charge in [0.15, 0.2) is 0 Å². The fourth-order valence-corrected chi connectivity index (χ4v) is 4.21. The second kappa shape index (κ2) is 8.91. The average molecular weight is 450 g/mol. The van der Waals surface area contributed by atoms with Gasteiger partial charge in [0.25, 0.3) is 0 Å². The maximum absolute atomic E-state index is 13.6. The Hall–Kier alpha value is -2.17. The van der Waals surface area contributed by atoms with E-state index >= 15 is 0 Å². The fraction of sp³-hybridized carbons (Fsp3) is 0.474. The number of halogens is 5. The van der Waals surface area contributed by atoms with Crippen molar-refractivity contribution >= 4 is 17.5 Å². The zero-order valence-corrected chi connectivity index (χ0v) is 16.5. The molecule has 2 N–H and O–H groups in total. The summed E-state index contributed by atoms with van der Waals surface area (Å²) in [6.45, 7) is -3.64. The first-order valence-corrected chi connectivity index (χ1v) is 9.48. The van der Waals surface area contributed by atoms with E-state index in [0.717, 1.165) is 19.3 Å². The van der Waals surface area contributed by atoms with E-state index in [2.05, 4.69) is 14.9 Å². The minimum absolute atomic E-state index is 0.0184. The highest BCUT2D eigenvalue weighted by Crippen LogP contribution is 2.65. The molecule has 0 radical (unpaired) electrons. The van der Waals surface area contributed by atoms with Crippen LogP contribution in [0.15, 0.2) is 30.7 Å². The van der Waals surface area contributed by atoms with Crippen LogP contribution >= 0.6 is 11.6 Å². The lowest BCUT2D eigenvalue weighted by molar-refractivity contribution is -0.158. The number of aliphatic hydroxyl groups is 1. The van der Waals surface area contributed by atoms with Crippen molar-refractivity contribution in [2.45, 2.75) is 37.0 Å². The van der Waals surface area contributed by atoms with Crippen molar-refractivity contribution in [1.82, 2.24) is 14.9 Å². The molecule has 1 aromatic heterocycles. The number of imidazole rings is 1. The van der Waals surface area contributed by atoms with Gasteiger partial charge in [-0.3, -0.25) is 4.79 Å². The summed E-state index contributed by atoms with van der Waals surface area (Å²) in [6.07, 6.45) is 6.21. The molecule has 11 heteroatoms. The number of nitrogens with zero attached hydrogens (tertiary/aromatic N) is 2. The number of aliphatic hydroxyl groups excluding tert-OH is 1. The molecule has 1 amide bonds. The van der Waals surface area contributed by atoms with Crippen molar-refractivity contribution in [2.24, 2.45) is 0 Å². The number of hydrogen-bond acceptors (Lipinski definition) is 4. The lowest BCUT2D eigenvalue weighted by atomic mass is 9.44. The standard InChI is InChI=1S/C18H19ClFN3O3.CHF3/c19-13-2-1-12(5-14(13)20)15-6-23(11-21-15)18-8-17(9-18,10-18)22-16(25)7-26-4-3-24;2-1(3)4/h1-2,5-6,11,24H,3-4,7-10H2,(H,22,25);1H. The van der Waals surface area contributed by atoms with Gasteiger partial charge in [0.1, 0.15) is 12.4 Å². The fourth-order valence-electron chi connectivity index (χ4n) is 4.09. The number of ether oxygens (including phenoxy) is 1. The predicted molar refractivity (Wildman–Crippen MR) is 100 cm³/mol. The van der Waals surface area contributed by atoms with Gasteiger partial charge in [-0.05, 0) is 31.4 Å². The van der Waals surface area contributed by atoms with Crippen LogP contribution in [0.1, 0.15) is 19.3 Å². The Bertz CT molecular complexity index is 886. The number of alkyl halides is 3. The number of aromatic nitrogens is 2. The zero-order valence-electron chi connectivity index (χ0n) is 15.8. The summed E-state index contributed by atoms with van der Waals surface area (Å²) >= 11 is 5.72. The molecule has 6 nitrogen and oxygen atoms in total. The first kappa shape index (κ1) is 22.5. The van der Waals surface area contributed by atoms with E-state index in [1.807, 2.05) is 6.20 Å². The van der Waals surface area contributed by atoms with E-state index in [0.29, 0.717) is 11.3 Å². The lowest BCUT2D eigenvalue weighted by Crippen LogP contribution is -2.78. The highest BCUT2D eigenvalue weighted by Gasteiger charge is 2.69. The molecule has 1 aromatic carbocycles. The summed E-state index contributed by atoms with van der Waals surface area (Å²) in [6, 6.07) is 4.65. The number of amides is 1. The lowest BCUT2D eigenvalue weighted by Gasteiger charge is -2.70. The van der Waals surface area contributed by atoms with Gasteiger partial charge in [0.2, 0.25) is 5.91 Å². The van der Waals surface area contributed by atoms with Crippen molar-refractivity contribution in [3.8, 4) is 11.3 Å². The summed E-state index contributed by atoms with van der Waals surface area (Å²) in [5.74, 6) is -0.621. The second-order valence-electron chi connectivity index (χ2n) is 7.40. The number of carbonyl (C=O) groups is 1. The predicted octanol–water partition coefficient (Wildman–Crippen LogP) is 3.28. The van der Waals surface area contributed by atoms with Gasteiger partial charge in [-0.15, -0.1) is 0 Å². The van der Waals surface area contributed by atoms with Gasteiger partial charge in [-0.1, -0.05) is 17.7 Å². The Morgan fingerprint density at radius 2 is 2.00 bits per heavy atom. The maximum Gasteiger partial charge on any atom is 0.379 e. The molecule has 3 saturated carbocycles. The molecule has 5 rings (SSSR count). The van der Waals surface area contributed by atoms with E-state index in [-0.39, 0.29) is 41.8 Å². The van der Waals surface area contributed by atoms with Crippen LogP contribution in [0.25, 0.3) is 11.3 Å². The molecule has 0 spiro atoms. The number of hydrogen-bond donors (Lipinski definition) is 2. The third-order valence-corrected chi connectivity index (χ3v) is 5.53. The SMILES string of the molecule is FC(F)F.O=C(COCCO)NC12CC(n3cnc(-c4ccc(Cl)c(F)c4)c3)(C1)C2. The first-order valence-electron chi connectivity index (χ1n) is 9.10. The monoisotopic (exact) mass is 449 g/mol. The number of rotatable bonds is 7. The van der Waals surface area contributed by atoms with Crippen LogP contribution in [-0.2, 0) is 15.1 Å². The molecule has 2 aromatic rings. The molecular formula is C19H20ClF4N3O3. The van der Waals surface area contributed by atoms with Crippen molar-refractivity contribution in [1.29, 1.82) is 0 Å². The van der Waals surface area contributed by atoms with Gasteiger partial charge in [-0.25, -0.2) is 9.37 Å². The minimum atomic E-state index is -3.67. The first-order chi connectivity index (χ1) is 14.2. The largest absolute Gasteiger partial charge is 0.394 e. The molecule has 0 aliphatic heterocycles. The second-order valence-corrected chi connectivity index (χ2v) is 7.81. The quantitative estimate of drug-likeness (QED) is 0.502. The van der Waals surface area contributed by atoms with Crippen LogP contribution in [0.4, 0.5) is 17.6 Å². The molecule has 0 atom stereocenters. The summed E-state index contributed by atoms with van der Waals surface area (Å²) in [7, 11) is 0.